The molecule has 1 aromatic heterocycles. The first-order valence-corrected chi connectivity index (χ1v) is 7.14. The molecule has 4 nitrogen and oxygen atoms in total. The molecule has 18 heavy (non-hydrogen) atoms. The molecule has 0 unspecified atom stereocenters. The number of amides is 1. The van der Waals surface area contributed by atoms with Crippen LogP contribution < -0.4 is 5.73 Å². The third-order valence-corrected chi connectivity index (χ3v) is 4.11. The normalized spacial score (nSPS) is 15.9. The standard InChI is InChI=1S/C13H18BrN3O/c1-2-17(9-5-3-4-6-9)13(18)10-7-12(15)16-8-11(10)14/h7-9H,2-6H2,1H3,(H2,15,16). The smallest absolute Gasteiger partial charge is 0.255 e. The lowest BCUT2D eigenvalue weighted by Crippen LogP contribution is -2.38. The number of carbonyl (C=O) groups is 1. The summed E-state index contributed by atoms with van der Waals surface area (Å²) < 4.78 is 0.707. The highest BCUT2D eigenvalue weighted by Gasteiger charge is 2.27. The summed E-state index contributed by atoms with van der Waals surface area (Å²) in [5, 5.41) is 0. The number of pyridine rings is 1. The molecule has 1 aliphatic carbocycles. The van der Waals surface area contributed by atoms with Crippen molar-refractivity contribution in [2.24, 2.45) is 0 Å². The quantitative estimate of drug-likeness (QED) is 0.933. The van der Waals surface area contributed by atoms with Crippen LogP contribution in [-0.4, -0.2) is 28.4 Å². The first-order valence-electron chi connectivity index (χ1n) is 6.35. The maximum Gasteiger partial charge on any atom is 0.255 e. The number of nitrogen functional groups attached to an aromatic ring is 1. The van der Waals surface area contributed by atoms with Crippen LogP contribution in [0.4, 0.5) is 5.82 Å². The van der Waals surface area contributed by atoms with Gasteiger partial charge in [0.05, 0.1) is 5.56 Å². The van der Waals surface area contributed by atoms with Crippen LogP contribution in [0.15, 0.2) is 16.7 Å². The number of nitrogens with two attached hydrogens (primary N) is 1. The molecule has 5 heteroatoms. The number of aromatic nitrogens is 1. The summed E-state index contributed by atoms with van der Waals surface area (Å²) in [7, 11) is 0. The Labute approximate surface area is 116 Å². The van der Waals surface area contributed by atoms with Crippen LogP contribution in [0.5, 0.6) is 0 Å². The predicted molar refractivity (Wildman–Crippen MR) is 75.3 cm³/mol. The van der Waals surface area contributed by atoms with Crippen molar-refractivity contribution in [1.82, 2.24) is 9.88 Å². The molecular weight excluding hydrogens is 294 g/mol. The van der Waals surface area contributed by atoms with E-state index in [9.17, 15) is 4.79 Å². The van der Waals surface area contributed by atoms with Gasteiger partial charge in [-0.15, -0.1) is 0 Å². The van der Waals surface area contributed by atoms with E-state index >= 15 is 0 Å². The van der Waals surface area contributed by atoms with E-state index in [1.54, 1.807) is 12.3 Å². The van der Waals surface area contributed by atoms with Gasteiger partial charge >= 0.3 is 0 Å². The van der Waals surface area contributed by atoms with E-state index in [1.807, 2.05) is 11.8 Å². The fourth-order valence-corrected chi connectivity index (χ4v) is 2.94. The summed E-state index contributed by atoms with van der Waals surface area (Å²) in [5.41, 5.74) is 6.27. The van der Waals surface area contributed by atoms with E-state index in [1.165, 1.54) is 12.8 Å². The molecule has 1 fully saturated rings. The second-order valence-electron chi connectivity index (χ2n) is 4.62. The molecule has 1 aliphatic rings. The number of hydrogen-bond donors (Lipinski definition) is 1. The predicted octanol–water partition coefficient (Wildman–Crippen LogP) is 2.83. The van der Waals surface area contributed by atoms with E-state index in [0.717, 1.165) is 19.4 Å². The van der Waals surface area contributed by atoms with Crippen LogP contribution in [0.3, 0.4) is 0 Å². The highest BCUT2D eigenvalue weighted by molar-refractivity contribution is 9.10. The van der Waals surface area contributed by atoms with Gasteiger partial charge in [-0.3, -0.25) is 4.79 Å². The summed E-state index contributed by atoms with van der Waals surface area (Å²) >= 11 is 3.37. The van der Waals surface area contributed by atoms with Crippen LogP contribution in [0, 0.1) is 0 Å². The van der Waals surface area contributed by atoms with Crippen molar-refractivity contribution in [3.05, 3.63) is 22.3 Å². The number of carbonyl (C=O) groups excluding carboxylic acids is 1. The number of anilines is 1. The largest absolute Gasteiger partial charge is 0.384 e. The maximum atomic E-state index is 12.5. The van der Waals surface area contributed by atoms with Crippen molar-refractivity contribution >= 4 is 27.7 Å². The summed E-state index contributed by atoms with van der Waals surface area (Å²) in [6.45, 7) is 2.76. The number of rotatable bonds is 3. The summed E-state index contributed by atoms with van der Waals surface area (Å²) in [6, 6.07) is 2.02. The maximum absolute atomic E-state index is 12.5. The summed E-state index contributed by atoms with van der Waals surface area (Å²) in [5.74, 6) is 0.425. The lowest BCUT2D eigenvalue weighted by atomic mass is 10.1. The summed E-state index contributed by atoms with van der Waals surface area (Å²) in [6.07, 6.45) is 6.24. The monoisotopic (exact) mass is 311 g/mol. The highest BCUT2D eigenvalue weighted by Crippen LogP contribution is 2.27. The minimum Gasteiger partial charge on any atom is -0.384 e. The van der Waals surface area contributed by atoms with Gasteiger partial charge in [0.2, 0.25) is 0 Å². The van der Waals surface area contributed by atoms with E-state index in [0.29, 0.717) is 21.9 Å². The molecule has 0 atom stereocenters. The Morgan fingerprint density at radius 1 is 1.56 bits per heavy atom. The molecule has 2 N–H and O–H groups in total. The third kappa shape index (κ3) is 2.66. The Morgan fingerprint density at radius 2 is 2.22 bits per heavy atom. The van der Waals surface area contributed by atoms with E-state index in [2.05, 4.69) is 20.9 Å². The molecule has 1 aromatic rings. The number of nitrogens with zero attached hydrogens (tertiary/aromatic N) is 2. The molecule has 1 saturated carbocycles. The molecule has 1 heterocycles. The van der Waals surface area contributed by atoms with Crippen LogP contribution in [0.25, 0.3) is 0 Å². The zero-order valence-electron chi connectivity index (χ0n) is 10.5. The zero-order chi connectivity index (χ0) is 13.1. The van der Waals surface area contributed by atoms with Gasteiger partial charge in [0.25, 0.3) is 5.91 Å². The molecule has 0 spiro atoms. The molecule has 0 bridgehead atoms. The molecule has 2 rings (SSSR count). The third-order valence-electron chi connectivity index (χ3n) is 3.47. The van der Waals surface area contributed by atoms with Gasteiger partial charge in [-0.2, -0.15) is 0 Å². The van der Waals surface area contributed by atoms with Gasteiger partial charge < -0.3 is 10.6 Å². The average Bonchev–Trinajstić information content (AvgIpc) is 2.87. The van der Waals surface area contributed by atoms with Crippen molar-refractivity contribution in [1.29, 1.82) is 0 Å². The van der Waals surface area contributed by atoms with Gasteiger partial charge in [0, 0.05) is 23.3 Å². The van der Waals surface area contributed by atoms with Crippen molar-refractivity contribution in [2.45, 2.75) is 38.6 Å². The lowest BCUT2D eigenvalue weighted by molar-refractivity contribution is 0.0692. The van der Waals surface area contributed by atoms with Crippen LogP contribution in [0.1, 0.15) is 43.0 Å². The van der Waals surface area contributed by atoms with Gasteiger partial charge in [0.1, 0.15) is 5.82 Å². The average molecular weight is 312 g/mol. The van der Waals surface area contributed by atoms with Crippen LogP contribution >= 0.6 is 15.9 Å². The fraction of sp³-hybridized carbons (Fsp3) is 0.538. The van der Waals surface area contributed by atoms with Crippen molar-refractivity contribution in [3.63, 3.8) is 0 Å². The van der Waals surface area contributed by atoms with Crippen molar-refractivity contribution in [2.75, 3.05) is 12.3 Å². The van der Waals surface area contributed by atoms with Gasteiger partial charge in [0.15, 0.2) is 0 Å². The Balaban J connectivity index is 2.25. The van der Waals surface area contributed by atoms with Gasteiger partial charge in [-0.25, -0.2) is 4.98 Å². The summed E-state index contributed by atoms with van der Waals surface area (Å²) in [4.78, 5) is 18.5. The molecular formula is C13H18BrN3O. The fourth-order valence-electron chi connectivity index (χ4n) is 2.56. The molecule has 0 aromatic carbocycles. The molecule has 0 radical (unpaired) electrons. The molecule has 0 saturated heterocycles. The second-order valence-corrected chi connectivity index (χ2v) is 5.47. The number of halogens is 1. The van der Waals surface area contributed by atoms with Gasteiger partial charge in [-0.05, 0) is 41.8 Å². The topological polar surface area (TPSA) is 59.2 Å². The van der Waals surface area contributed by atoms with E-state index in [-0.39, 0.29) is 5.91 Å². The Bertz CT molecular complexity index is 444. The van der Waals surface area contributed by atoms with E-state index in [4.69, 9.17) is 5.73 Å². The van der Waals surface area contributed by atoms with Gasteiger partial charge in [-0.1, -0.05) is 12.8 Å². The lowest BCUT2D eigenvalue weighted by Gasteiger charge is -2.28. The Morgan fingerprint density at radius 3 is 2.83 bits per heavy atom. The van der Waals surface area contributed by atoms with E-state index < -0.39 is 0 Å². The van der Waals surface area contributed by atoms with Crippen molar-refractivity contribution < 1.29 is 4.79 Å². The zero-order valence-corrected chi connectivity index (χ0v) is 12.1. The Kier molecular flexibility index (Phi) is 4.22. The SMILES string of the molecule is CCN(C(=O)c1cc(N)ncc1Br)C1CCCC1. The Hall–Kier alpha value is -1.10. The molecule has 98 valence electrons. The first-order chi connectivity index (χ1) is 8.63. The van der Waals surface area contributed by atoms with Crippen molar-refractivity contribution in [3.8, 4) is 0 Å². The van der Waals surface area contributed by atoms with Crippen LogP contribution in [0.2, 0.25) is 0 Å². The first kappa shape index (κ1) is 13.3. The van der Waals surface area contributed by atoms with Crippen LogP contribution in [-0.2, 0) is 0 Å². The minimum absolute atomic E-state index is 0.0466. The minimum atomic E-state index is 0.0466. The molecule has 1 amide bonds. The number of hydrogen-bond acceptors (Lipinski definition) is 3. The second kappa shape index (κ2) is 5.69. The highest BCUT2D eigenvalue weighted by atomic mass is 79.9. The molecule has 0 aliphatic heterocycles.